The molecule has 1 aromatic rings. The highest BCUT2D eigenvalue weighted by Crippen LogP contribution is 2.44. The fourth-order valence-electron chi connectivity index (χ4n) is 4.37. The Bertz CT molecular complexity index is 984. The fraction of sp³-hybridized carbons (Fsp3) is 0.520. The number of nitrogens with two attached hydrogens (primary N) is 1. The van der Waals surface area contributed by atoms with Crippen molar-refractivity contribution >= 4 is 11.8 Å². The summed E-state index contributed by atoms with van der Waals surface area (Å²) in [4.78, 5) is 29.1. The van der Waals surface area contributed by atoms with Crippen LogP contribution in [0.5, 0.6) is 5.75 Å². The second-order valence-corrected chi connectivity index (χ2v) is 9.39. The largest absolute Gasteiger partial charge is 0.511 e. The molecule has 2 atom stereocenters. The first kappa shape index (κ1) is 24.8. The van der Waals surface area contributed by atoms with E-state index in [4.69, 9.17) is 10.5 Å². The maximum atomic E-state index is 13.4. The van der Waals surface area contributed by atoms with E-state index in [1.165, 1.54) is 6.08 Å². The van der Waals surface area contributed by atoms with Gasteiger partial charge in [-0.2, -0.15) is 0 Å². The zero-order valence-corrected chi connectivity index (χ0v) is 19.9. The monoisotopic (exact) mass is 457 g/mol. The number of ether oxygens (including phenoxy) is 1. The molecule has 0 aromatic heterocycles. The molecule has 2 unspecified atom stereocenters. The number of rotatable bonds is 9. The maximum absolute atomic E-state index is 13.4. The molecular weight excluding hydrogens is 422 g/mol. The molecule has 0 bridgehead atoms. The van der Waals surface area contributed by atoms with Crippen molar-refractivity contribution in [3.63, 3.8) is 0 Å². The lowest BCUT2D eigenvalue weighted by atomic mass is 9.70. The molecule has 180 valence electrons. The Hall–Kier alpha value is -2.84. The predicted octanol–water partition coefficient (Wildman–Crippen LogP) is 2.26. The zero-order chi connectivity index (χ0) is 24.3. The minimum absolute atomic E-state index is 0.0166. The normalized spacial score (nSPS) is 22.4. The van der Waals surface area contributed by atoms with Crippen molar-refractivity contribution in [1.29, 1.82) is 0 Å². The van der Waals surface area contributed by atoms with E-state index in [-0.39, 0.29) is 16.9 Å². The van der Waals surface area contributed by atoms with Crippen LogP contribution >= 0.6 is 0 Å². The van der Waals surface area contributed by atoms with E-state index in [0.717, 1.165) is 36.3 Å². The minimum Gasteiger partial charge on any atom is -0.511 e. The van der Waals surface area contributed by atoms with Crippen LogP contribution < -0.4 is 10.5 Å². The first-order valence-corrected chi connectivity index (χ1v) is 11.4. The van der Waals surface area contributed by atoms with Crippen LogP contribution in [0.25, 0.3) is 0 Å². The van der Waals surface area contributed by atoms with Gasteiger partial charge in [0.1, 0.15) is 18.1 Å². The summed E-state index contributed by atoms with van der Waals surface area (Å²) < 4.78 is 5.81. The molecule has 2 aliphatic rings. The van der Waals surface area contributed by atoms with Crippen molar-refractivity contribution < 1.29 is 24.5 Å². The number of hydrogen-bond acceptors (Lipinski definition) is 6. The Morgan fingerprint density at radius 2 is 1.97 bits per heavy atom. The SMILES string of the molecule is CCCCC1(C)C(O)=C(C(=O)N2Cc3ccc(OCCN(C)C)cc3C2)C=C(C(N)=O)C1O. The Morgan fingerprint density at radius 1 is 1.27 bits per heavy atom. The smallest absolute Gasteiger partial charge is 0.257 e. The highest BCUT2D eigenvalue weighted by molar-refractivity contribution is 6.02. The van der Waals surface area contributed by atoms with E-state index in [1.54, 1.807) is 11.8 Å². The molecule has 1 aromatic carbocycles. The molecule has 33 heavy (non-hydrogen) atoms. The average Bonchev–Trinajstić information content (AvgIpc) is 3.19. The first-order chi connectivity index (χ1) is 15.6. The van der Waals surface area contributed by atoms with Crippen LogP contribution in [0.15, 0.2) is 41.2 Å². The van der Waals surface area contributed by atoms with Gasteiger partial charge in [-0.3, -0.25) is 9.59 Å². The number of amides is 2. The van der Waals surface area contributed by atoms with E-state index in [9.17, 15) is 19.8 Å². The summed E-state index contributed by atoms with van der Waals surface area (Å²) in [6.45, 7) is 5.78. The highest BCUT2D eigenvalue weighted by Gasteiger charge is 2.46. The molecule has 8 heteroatoms. The Kier molecular flexibility index (Phi) is 7.49. The van der Waals surface area contributed by atoms with Crippen molar-refractivity contribution in [3.8, 4) is 5.75 Å². The number of carbonyl (C=O) groups is 2. The molecule has 2 amide bonds. The molecule has 8 nitrogen and oxygen atoms in total. The number of primary amides is 1. The number of hydrogen-bond donors (Lipinski definition) is 3. The standard InChI is InChI=1S/C25H35N3O5/c1-5-6-9-25(2)21(29)19(23(26)31)13-20(22(25)30)24(32)28-14-16-7-8-18(12-17(16)15-28)33-11-10-27(3)4/h7-8,12-13,21,29-30H,5-6,9-11,14-15H2,1-4H3,(H2,26,31). The Labute approximate surface area is 195 Å². The Morgan fingerprint density at radius 3 is 2.61 bits per heavy atom. The number of likely N-dealkylation sites (N-methyl/N-ethyl adjacent to an activating group) is 1. The highest BCUT2D eigenvalue weighted by atomic mass is 16.5. The van der Waals surface area contributed by atoms with Gasteiger partial charge in [0, 0.05) is 25.2 Å². The molecule has 0 saturated carbocycles. The molecule has 0 radical (unpaired) electrons. The van der Waals surface area contributed by atoms with Gasteiger partial charge in [-0.15, -0.1) is 0 Å². The molecular formula is C25H35N3O5. The summed E-state index contributed by atoms with van der Waals surface area (Å²) >= 11 is 0. The molecule has 1 heterocycles. The first-order valence-electron chi connectivity index (χ1n) is 11.4. The van der Waals surface area contributed by atoms with Crippen LogP contribution in [-0.4, -0.2) is 65.2 Å². The topological polar surface area (TPSA) is 116 Å². The minimum atomic E-state index is -1.27. The summed E-state index contributed by atoms with van der Waals surface area (Å²) in [5.41, 5.74) is 6.30. The van der Waals surface area contributed by atoms with Gasteiger partial charge in [-0.05, 0) is 56.8 Å². The number of fused-ring (bicyclic) bond motifs is 1. The molecule has 1 aliphatic heterocycles. The van der Waals surface area contributed by atoms with E-state index >= 15 is 0 Å². The van der Waals surface area contributed by atoms with Gasteiger partial charge >= 0.3 is 0 Å². The number of benzene rings is 1. The molecule has 0 saturated heterocycles. The summed E-state index contributed by atoms with van der Waals surface area (Å²) in [7, 11) is 3.96. The van der Waals surface area contributed by atoms with Crippen molar-refractivity contribution in [2.75, 3.05) is 27.2 Å². The summed E-state index contributed by atoms with van der Waals surface area (Å²) in [5, 5.41) is 21.9. The van der Waals surface area contributed by atoms with E-state index in [2.05, 4.69) is 0 Å². The summed E-state index contributed by atoms with van der Waals surface area (Å²) in [5.74, 6) is -0.641. The summed E-state index contributed by atoms with van der Waals surface area (Å²) in [6, 6.07) is 5.78. The third-order valence-corrected chi connectivity index (χ3v) is 6.55. The van der Waals surface area contributed by atoms with Crippen LogP contribution in [0.4, 0.5) is 0 Å². The van der Waals surface area contributed by atoms with Gasteiger partial charge in [-0.1, -0.05) is 25.8 Å². The lowest BCUT2D eigenvalue weighted by Gasteiger charge is -2.38. The van der Waals surface area contributed by atoms with Crippen molar-refractivity contribution in [2.24, 2.45) is 11.1 Å². The van der Waals surface area contributed by atoms with Gasteiger partial charge in [0.2, 0.25) is 5.91 Å². The molecule has 0 fully saturated rings. The third kappa shape index (κ3) is 5.07. The number of aliphatic hydroxyl groups is 2. The molecule has 1 aliphatic carbocycles. The third-order valence-electron chi connectivity index (χ3n) is 6.55. The average molecular weight is 458 g/mol. The van der Waals surface area contributed by atoms with E-state index in [0.29, 0.717) is 26.1 Å². The molecule has 3 rings (SSSR count). The van der Waals surface area contributed by atoms with Crippen LogP contribution in [-0.2, 0) is 22.7 Å². The van der Waals surface area contributed by atoms with Gasteiger partial charge in [-0.25, -0.2) is 0 Å². The van der Waals surface area contributed by atoms with Crippen LogP contribution in [0, 0.1) is 5.41 Å². The van der Waals surface area contributed by atoms with Crippen LogP contribution in [0.1, 0.15) is 44.2 Å². The second-order valence-electron chi connectivity index (χ2n) is 9.39. The lowest BCUT2D eigenvalue weighted by molar-refractivity contribution is -0.127. The van der Waals surface area contributed by atoms with Crippen molar-refractivity contribution in [3.05, 3.63) is 52.3 Å². The fourth-order valence-corrected chi connectivity index (χ4v) is 4.37. The quantitative estimate of drug-likeness (QED) is 0.524. The van der Waals surface area contributed by atoms with Gasteiger partial charge in [0.05, 0.1) is 17.1 Å². The van der Waals surface area contributed by atoms with Crippen LogP contribution in [0.3, 0.4) is 0 Å². The van der Waals surface area contributed by atoms with Crippen LogP contribution in [0.2, 0.25) is 0 Å². The Balaban J connectivity index is 1.84. The maximum Gasteiger partial charge on any atom is 0.257 e. The van der Waals surface area contributed by atoms with E-state index in [1.807, 2.05) is 44.1 Å². The number of carbonyl (C=O) groups excluding carboxylic acids is 2. The second kappa shape index (κ2) is 9.97. The van der Waals surface area contributed by atoms with Gasteiger partial charge < -0.3 is 30.5 Å². The van der Waals surface area contributed by atoms with Crippen molar-refractivity contribution in [2.45, 2.75) is 52.3 Å². The van der Waals surface area contributed by atoms with Gasteiger partial charge in [0.25, 0.3) is 5.91 Å². The molecule has 0 spiro atoms. The number of unbranched alkanes of at least 4 members (excludes halogenated alkanes) is 1. The number of nitrogens with zero attached hydrogens (tertiary/aromatic N) is 2. The summed E-state index contributed by atoms with van der Waals surface area (Å²) in [6.07, 6.45) is 1.96. The molecule has 4 N–H and O–H groups in total. The van der Waals surface area contributed by atoms with Gasteiger partial charge in [0.15, 0.2) is 0 Å². The lowest BCUT2D eigenvalue weighted by Crippen LogP contribution is -2.44. The number of aliphatic hydroxyl groups excluding tert-OH is 2. The zero-order valence-electron chi connectivity index (χ0n) is 19.9. The predicted molar refractivity (Wildman–Crippen MR) is 125 cm³/mol. The van der Waals surface area contributed by atoms with Crippen molar-refractivity contribution in [1.82, 2.24) is 9.80 Å². The van der Waals surface area contributed by atoms with E-state index < -0.39 is 23.3 Å².